The second-order valence-corrected chi connectivity index (χ2v) is 6.68. The molecule has 0 unspecified atom stereocenters. The smallest absolute Gasteiger partial charge is 0.251 e. The highest BCUT2D eigenvalue weighted by molar-refractivity contribution is 5.94. The number of aromatic nitrogens is 2. The fourth-order valence-electron chi connectivity index (χ4n) is 3.11. The molecule has 1 aliphatic heterocycles. The van der Waals surface area contributed by atoms with E-state index in [1.165, 1.54) is 0 Å². The van der Waals surface area contributed by atoms with Crippen molar-refractivity contribution in [1.29, 1.82) is 0 Å². The third kappa shape index (κ3) is 5.11. The predicted molar refractivity (Wildman–Crippen MR) is 109 cm³/mol. The number of carbonyl (C=O) groups excluding carboxylic acids is 1. The van der Waals surface area contributed by atoms with Gasteiger partial charge in [-0.2, -0.15) is 0 Å². The lowest BCUT2D eigenvalue weighted by Crippen LogP contribution is -2.36. The van der Waals surface area contributed by atoms with Crippen molar-refractivity contribution in [2.24, 2.45) is 0 Å². The lowest BCUT2D eigenvalue weighted by Gasteiger charge is -2.27. The first-order chi connectivity index (χ1) is 14.3. The van der Waals surface area contributed by atoms with Crippen LogP contribution in [0.15, 0.2) is 59.5 Å². The Morgan fingerprint density at radius 1 is 1.07 bits per heavy atom. The van der Waals surface area contributed by atoms with Gasteiger partial charge in [0, 0.05) is 31.3 Å². The fraction of sp³-hybridized carbons (Fsp3) is 0.286. The highest BCUT2D eigenvalue weighted by atomic mass is 16.5. The van der Waals surface area contributed by atoms with Crippen molar-refractivity contribution in [2.45, 2.75) is 13.1 Å². The largest absolute Gasteiger partial charge is 0.467 e. The average Bonchev–Trinajstić information content (AvgIpc) is 3.31. The predicted octanol–water partition coefficient (Wildman–Crippen LogP) is 2.45. The van der Waals surface area contributed by atoms with Gasteiger partial charge in [0.05, 0.1) is 26.0 Å². The minimum atomic E-state index is -0.139. The summed E-state index contributed by atoms with van der Waals surface area (Å²) in [5.41, 5.74) is 1.59. The number of morpholine rings is 1. The number of furan rings is 1. The summed E-state index contributed by atoms with van der Waals surface area (Å²) in [7, 11) is 0. The Kier molecular flexibility index (Phi) is 6.01. The monoisotopic (exact) mass is 393 g/mol. The summed E-state index contributed by atoms with van der Waals surface area (Å²) in [4.78, 5) is 23.2. The normalized spacial score (nSPS) is 13.9. The van der Waals surface area contributed by atoms with Gasteiger partial charge in [-0.25, -0.2) is 9.97 Å². The van der Waals surface area contributed by atoms with Crippen LogP contribution in [0.2, 0.25) is 0 Å². The maximum Gasteiger partial charge on any atom is 0.251 e. The van der Waals surface area contributed by atoms with Gasteiger partial charge in [0.2, 0.25) is 0 Å². The lowest BCUT2D eigenvalue weighted by molar-refractivity contribution is 0.0948. The topological polar surface area (TPSA) is 92.5 Å². The molecule has 8 heteroatoms. The third-order valence-electron chi connectivity index (χ3n) is 4.65. The first-order valence-corrected chi connectivity index (χ1v) is 9.56. The van der Waals surface area contributed by atoms with Crippen LogP contribution in [-0.4, -0.2) is 42.2 Å². The van der Waals surface area contributed by atoms with Crippen LogP contribution in [0.3, 0.4) is 0 Å². The van der Waals surface area contributed by atoms with Gasteiger partial charge < -0.3 is 24.7 Å². The molecule has 0 bridgehead atoms. The van der Waals surface area contributed by atoms with Gasteiger partial charge >= 0.3 is 0 Å². The number of benzene rings is 1. The van der Waals surface area contributed by atoms with Crippen molar-refractivity contribution in [2.75, 3.05) is 36.5 Å². The molecule has 0 saturated carbocycles. The van der Waals surface area contributed by atoms with Crippen LogP contribution >= 0.6 is 0 Å². The van der Waals surface area contributed by atoms with Gasteiger partial charge in [0.1, 0.15) is 23.7 Å². The minimum absolute atomic E-state index is 0.139. The van der Waals surface area contributed by atoms with Crippen molar-refractivity contribution >= 4 is 17.5 Å². The Hall–Kier alpha value is -3.39. The summed E-state index contributed by atoms with van der Waals surface area (Å²) in [6.45, 7) is 3.98. The number of nitrogens with one attached hydrogen (secondary N) is 2. The number of carbonyl (C=O) groups is 1. The van der Waals surface area contributed by atoms with Crippen LogP contribution in [0.1, 0.15) is 21.7 Å². The highest BCUT2D eigenvalue weighted by Gasteiger charge is 2.13. The van der Waals surface area contributed by atoms with E-state index in [0.717, 1.165) is 36.0 Å². The molecule has 1 fully saturated rings. The molecular formula is C21H23N5O3. The summed E-state index contributed by atoms with van der Waals surface area (Å²) in [6, 6.07) is 13.1. The molecule has 2 N–H and O–H groups in total. The Morgan fingerprint density at radius 2 is 1.97 bits per heavy atom. The molecule has 1 aromatic carbocycles. The van der Waals surface area contributed by atoms with E-state index in [1.807, 2.05) is 30.3 Å². The first-order valence-electron chi connectivity index (χ1n) is 9.56. The van der Waals surface area contributed by atoms with E-state index >= 15 is 0 Å². The number of hydrogen-bond acceptors (Lipinski definition) is 7. The molecule has 2 aromatic heterocycles. The molecule has 0 spiro atoms. The van der Waals surface area contributed by atoms with Crippen LogP contribution in [-0.2, 0) is 17.8 Å². The van der Waals surface area contributed by atoms with Crippen molar-refractivity contribution in [1.82, 2.24) is 15.3 Å². The van der Waals surface area contributed by atoms with E-state index in [4.69, 9.17) is 9.15 Å². The Bertz CT molecular complexity index is 939. The number of rotatable bonds is 7. The number of anilines is 2. The minimum Gasteiger partial charge on any atom is -0.467 e. The Morgan fingerprint density at radius 3 is 2.79 bits per heavy atom. The summed E-state index contributed by atoms with van der Waals surface area (Å²) < 4.78 is 10.6. The van der Waals surface area contributed by atoms with Crippen LogP contribution in [0, 0.1) is 0 Å². The molecule has 8 nitrogen and oxygen atoms in total. The van der Waals surface area contributed by atoms with Crippen LogP contribution < -0.4 is 15.5 Å². The SMILES string of the molecule is O=C(NCc1ccco1)c1cccc(CNc2cc(N3CCOCC3)ncn2)c1. The number of nitrogens with zero attached hydrogens (tertiary/aromatic N) is 3. The van der Waals surface area contributed by atoms with E-state index in [-0.39, 0.29) is 5.91 Å². The van der Waals surface area contributed by atoms with Gasteiger partial charge in [-0.1, -0.05) is 12.1 Å². The number of ether oxygens (including phenoxy) is 1. The Balaban J connectivity index is 1.35. The van der Waals surface area contributed by atoms with Gasteiger partial charge in [-0.3, -0.25) is 4.79 Å². The molecule has 29 heavy (non-hydrogen) atoms. The fourth-order valence-corrected chi connectivity index (χ4v) is 3.11. The number of hydrogen-bond donors (Lipinski definition) is 2. The lowest BCUT2D eigenvalue weighted by atomic mass is 10.1. The van der Waals surface area contributed by atoms with Crippen molar-refractivity contribution in [3.8, 4) is 0 Å². The van der Waals surface area contributed by atoms with Gasteiger partial charge in [0.25, 0.3) is 5.91 Å². The zero-order valence-electron chi connectivity index (χ0n) is 16.0. The van der Waals surface area contributed by atoms with E-state index in [2.05, 4.69) is 25.5 Å². The zero-order chi connectivity index (χ0) is 19.9. The first kappa shape index (κ1) is 18.9. The summed E-state index contributed by atoms with van der Waals surface area (Å²) in [5, 5.41) is 6.16. The average molecular weight is 393 g/mol. The van der Waals surface area contributed by atoms with Crippen molar-refractivity contribution < 1.29 is 13.9 Å². The van der Waals surface area contributed by atoms with Gasteiger partial charge in [-0.05, 0) is 29.8 Å². The quantitative estimate of drug-likeness (QED) is 0.637. The summed E-state index contributed by atoms with van der Waals surface area (Å²) in [5.74, 6) is 2.21. The number of amides is 1. The molecule has 0 atom stereocenters. The molecule has 150 valence electrons. The van der Waals surface area contributed by atoms with Gasteiger partial charge in [0.15, 0.2) is 0 Å². The third-order valence-corrected chi connectivity index (χ3v) is 4.65. The molecule has 1 aliphatic rings. The van der Waals surface area contributed by atoms with E-state index in [0.29, 0.717) is 31.9 Å². The van der Waals surface area contributed by atoms with E-state index < -0.39 is 0 Å². The zero-order valence-corrected chi connectivity index (χ0v) is 16.0. The molecule has 0 aliphatic carbocycles. The molecule has 1 saturated heterocycles. The molecule has 3 heterocycles. The van der Waals surface area contributed by atoms with Crippen LogP contribution in [0.5, 0.6) is 0 Å². The van der Waals surface area contributed by atoms with E-state index in [9.17, 15) is 4.79 Å². The van der Waals surface area contributed by atoms with Gasteiger partial charge in [-0.15, -0.1) is 0 Å². The maximum absolute atomic E-state index is 12.4. The standard InChI is InChI=1S/C21H23N5O3/c27-21(23-14-18-5-2-8-29-18)17-4-1-3-16(11-17)13-22-19-12-20(25-15-24-19)26-6-9-28-10-7-26/h1-5,8,11-12,15H,6-7,9-10,13-14H2,(H,23,27)(H,22,24,25). The summed E-state index contributed by atoms with van der Waals surface area (Å²) >= 11 is 0. The molecule has 0 radical (unpaired) electrons. The molecule has 1 amide bonds. The second-order valence-electron chi connectivity index (χ2n) is 6.68. The highest BCUT2D eigenvalue weighted by Crippen LogP contribution is 2.16. The van der Waals surface area contributed by atoms with Crippen molar-refractivity contribution in [3.05, 3.63) is 71.9 Å². The van der Waals surface area contributed by atoms with Crippen LogP contribution in [0.4, 0.5) is 11.6 Å². The molecule has 4 rings (SSSR count). The molecule has 3 aromatic rings. The van der Waals surface area contributed by atoms with Crippen LogP contribution in [0.25, 0.3) is 0 Å². The molecular weight excluding hydrogens is 370 g/mol. The Labute approximate surface area is 168 Å². The summed E-state index contributed by atoms with van der Waals surface area (Å²) in [6.07, 6.45) is 3.15. The maximum atomic E-state index is 12.4. The van der Waals surface area contributed by atoms with Crippen molar-refractivity contribution in [3.63, 3.8) is 0 Å². The van der Waals surface area contributed by atoms with E-state index in [1.54, 1.807) is 24.7 Å². The second kappa shape index (κ2) is 9.20.